The highest BCUT2D eigenvalue weighted by molar-refractivity contribution is 7.98. The highest BCUT2D eigenvalue weighted by Crippen LogP contribution is 2.38. The van der Waals surface area contributed by atoms with Gasteiger partial charge in [-0.25, -0.2) is 9.97 Å². The lowest BCUT2D eigenvalue weighted by molar-refractivity contribution is -0.0963. The molecular weight excluding hydrogens is 336 g/mol. The number of rotatable bonds is 3. The maximum Gasteiger partial charge on any atom is 0.254 e. The first kappa shape index (κ1) is 17.1. The normalized spacial score (nSPS) is 30.1. The van der Waals surface area contributed by atoms with Crippen LogP contribution < -0.4 is 11.3 Å². The Morgan fingerprint density at radius 1 is 1.46 bits per heavy atom. The Labute approximate surface area is 141 Å². The summed E-state index contributed by atoms with van der Waals surface area (Å²) in [6, 6.07) is 2.76. The van der Waals surface area contributed by atoms with E-state index in [9.17, 15) is 20.1 Å². The van der Waals surface area contributed by atoms with Crippen molar-refractivity contribution in [1.82, 2.24) is 14.5 Å². The predicted octanol–water partition coefficient (Wildman–Crippen LogP) is -0.903. The lowest BCUT2D eigenvalue weighted by Gasteiger charge is -2.28. The number of pyridine rings is 1. The first-order valence-corrected chi connectivity index (χ1v) is 8.43. The zero-order valence-electron chi connectivity index (χ0n) is 13.1. The molecule has 9 nitrogen and oxygen atoms in total. The molecule has 1 aliphatic heterocycles. The molecule has 10 heteroatoms. The number of nitrogens with zero attached hydrogens (tertiary/aromatic N) is 3. The number of thioether (sulfide) groups is 1. The number of hydrogen-bond acceptors (Lipinski definition) is 9. The number of hydrogen-bond donors (Lipinski definition) is 4. The number of ether oxygens (including phenoxy) is 1. The molecule has 0 saturated carbocycles. The summed E-state index contributed by atoms with van der Waals surface area (Å²) < 4.78 is 6.66. The molecule has 2 aromatic heterocycles. The average Bonchev–Trinajstić information content (AvgIpc) is 2.77. The molecule has 3 rings (SSSR count). The van der Waals surface area contributed by atoms with Crippen LogP contribution in [0.25, 0.3) is 11.0 Å². The maximum absolute atomic E-state index is 12.4. The second-order valence-electron chi connectivity index (χ2n) is 5.75. The summed E-state index contributed by atoms with van der Waals surface area (Å²) >= 11 is 1.25. The topological polar surface area (TPSA) is 144 Å². The van der Waals surface area contributed by atoms with Crippen LogP contribution in [-0.2, 0) is 4.74 Å². The molecule has 2 aromatic rings. The van der Waals surface area contributed by atoms with E-state index in [0.29, 0.717) is 10.5 Å². The lowest BCUT2D eigenvalue weighted by Crippen LogP contribution is -2.46. The van der Waals surface area contributed by atoms with Crippen LogP contribution in [0.1, 0.15) is 13.2 Å². The summed E-state index contributed by atoms with van der Waals surface area (Å²) in [7, 11) is 0. The summed E-state index contributed by atoms with van der Waals surface area (Å²) in [4.78, 5) is 20.9. The van der Waals surface area contributed by atoms with Gasteiger partial charge in [-0.2, -0.15) is 0 Å². The van der Waals surface area contributed by atoms with Crippen LogP contribution in [0.3, 0.4) is 0 Å². The van der Waals surface area contributed by atoms with Crippen molar-refractivity contribution in [2.24, 2.45) is 0 Å². The van der Waals surface area contributed by atoms with Gasteiger partial charge in [0, 0.05) is 6.07 Å². The third-order valence-corrected chi connectivity index (χ3v) is 4.69. The van der Waals surface area contributed by atoms with E-state index in [-0.39, 0.29) is 11.5 Å². The van der Waals surface area contributed by atoms with Gasteiger partial charge >= 0.3 is 0 Å². The molecule has 4 atom stereocenters. The van der Waals surface area contributed by atoms with E-state index in [4.69, 9.17) is 10.5 Å². The van der Waals surface area contributed by atoms with E-state index in [2.05, 4.69) is 9.97 Å². The Kier molecular flexibility index (Phi) is 4.26. The zero-order chi connectivity index (χ0) is 17.6. The molecular formula is C14H18N4O5S. The Balaban J connectivity index is 2.28. The molecule has 0 aromatic carbocycles. The molecule has 3 heterocycles. The van der Waals surface area contributed by atoms with Gasteiger partial charge < -0.3 is 25.8 Å². The van der Waals surface area contributed by atoms with Crippen molar-refractivity contribution in [3.05, 3.63) is 22.5 Å². The molecule has 1 aliphatic rings. The minimum Gasteiger partial charge on any atom is -0.394 e. The number of fused-ring (bicyclic) bond motifs is 1. The fraction of sp³-hybridized carbons (Fsp3) is 0.500. The van der Waals surface area contributed by atoms with Crippen LogP contribution in [0, 0.1) is 0 Å². The zero-order valence-corrected chi connectivity index (χ0v) is 13.9. The van der Waals surface area contributed by atoms with Crippen LogP contribution >= 0.6 is 11.8 Å². The van der Waals surface area contributed by atoms with Crippen molar-refractivity contribution in [2.45, 2.75) is 36.1 Å². The second kappa shape index (κ2) is 5.97. The van der Waals surface area contributed by atoms with Gasteiger partial charge in [-0.15, -0.1) is 0 Å². The largest absolute Gasteiger partial charge is 0.394 e. The van der Waals surface area contributed by atoms with Crippen LogP contribution in [0.4, 0.5) is 5.82 Å². The molecule has 0 amide bonds. The van der Waals surface area contributed by atoms with Crippen molar-refractivity contribution in [3.8, 4) is 0 Å². The average molecular weight is 354 g/mol. The number of aromatic nitrogens is 3. The third kappa shape index (κ3) is 2.47. The van der Waals surface area contributed by atoms with Gasteiger partial charge in [0.2, 0.25) is 0 Å². The SMILES string of the molecule is CSc1nc(N)c2ccc(=O)n(C3OC(CO)[C@@H](O)C3(C)O)c2n1. The van der Waals surface area contributed by atoms with E-state index < -0.39 is 36.2 Å². The molecule has 1 saturated heterocycles. The van der Waals surface area contributed by atoms with Crippen LogP contribution in [0.2, 0.25) is 0 Å². The van der Waals surface area contributed by atoms with Gasteiger partial charge in [-0.05, 0) is 19.2 Å². The monoisotopic (exact) mass is 354 g/mol. The minimum absolute atomic E-state index is 0.190. The van der Waals surface area contributed by atoms with E-state index in [1.165, 1.54) is 30.8 Å². The first-order valence-electron chi connectivity index (χ1n) is 7.20. The molecule has 0 aliphatic carbocycles. The highest BCUT2D eigenvalue weighted by atomic mass is 32.2. The van der Waals surface area contributed by atoms with Crippen molar-refractivity contribution >= 4 is 28.6 Å². The van der Waals surface area contributed by atoms with Gasteiger partial charge in [0.15, 0.2) is 17.0 Å². The van der Waals surface area contributed by atoms with Gasteiger partial charge in [-0.1, -0.05) is 11.8 Å². The molecule has 130 valence electrons. The molecule has 1 fully saturated rings. The number of aliphatic hydroxyl groups is 3. The Hall–Kier alpha value is -1.72. The van der Waals surface area contributed by atoms with E-state index >= 15 is 0 Å². The maximum atomic E-state index is 12.4. The molecule has 0 bridgehead atoms. The van der Waals surface area contributed by atoms with Crippen LogP contribution in [-0.4, -0.2) is 60.5 Å². The van der Waals surface area contributed by atoms with Gasteiger partial charge in [0.1, 0.15) is 23.6 Å². The van der Waals surface area contributed by atoms with Crippen LogP contribution in [0.5, 0.6) is 0 Å². The van der Waals surface area contributed by atoms with E-state index in [1.54, 1.807) is 6.26 Å². The molecule has 0 spiro atoms. The Bertz CT molecular complexity index is 840. The smallest absolute Gasteiger partial charge is 0.254 e. The minimum atomic E-state index is -1.80. The predicted molar refractivity (Wildman–Crippen MR) is 87.6 cm³/mol. The third-order valence-electron chi connectivity index (χ3n) is 4.14. The summed E-state index contributed by atoms with van der Waals surface area (Å²) in [5.74, 6) is 0.190. The summed E-state index contributed by atoms with van der Waals surface area (Å²) in [5.41, 5.74) is 3.83. The summed E-state index contributed by atoms with van der Waals surface area (Å²) in [6.07, 6.45) is -1.86. The number of anilines is 1. The first-order chi connectivity index (χ1) is 11.3. The molecule has 3 unspecified atom stereocenters. The fourth-order valence-electron chi connectivity index (χ4n) is 2.82. The number of aliphatic hydroxyl groups excluding tert-OH is 2. The van der Waals surface area contributed by atoms with Gasteiger partial charge in [0.25, 0.3) is 5.56 Å². The molecule has 24 heavy (non-hydrogen) atoms. The van der Waals surface area contributed by atoms with Crippen molar-refractivity contribution < 1.29 is 20.1 Å². The van der Waals surface area contributed by atoms with E-state index in [0.717, 1.165) is 4.57 Å². The summed E-state index contributed by atoms with van der Waals surface area (Å²) in [6.45, 7) is 0.837. The highest BCUT2D eigenvalue weighted by Gasteiger charge is 2.53. The van der Waals surface area contributed by atoms with Crippen molar-refractivity contribution in [3.63, 3.8) is 0 Å². The number of nitrogen functional groups attached to an aromatic ring is 1. The Morgan fingerprint density at radius 3 is 2.75 bits per heavy atom. The van der Waals surface area contributed by atoms with E-state index in [1.807, 2.05) is 0 Å². The molecule has 5 N–H and O–H groups in total. The quantitative estimate of drug-likeness (QED) is 0.407. The Morgan fingerprint density at radius 2 is 2.17 bits per heavy atom. The van der Waals surface area contributed by atoms with Crippen molar-refractivity contribution in [2.75, 3.05) is 18.6 Å². The van der Waals surface area contributed by atoms with Gasteiger partial charge in [-0.3, -0.25) is 9.36 Å². The fourth-order valence-corrected chi connectivity index (χ4v) is 3.19. The summed E-state index contributed by atoms with van der Waals surface area (Å²) in [5, 5.41) is 30.9. The second-order valence-corrected chi connectivity index (χ2v) is 6.53. The van der Waals surface area contributed by atoms with Crippen molar-refractivity contribution in [1.29, 1.82) is 0 Å². The van der Waals surface area contributed by atoms with Gasteiger partial charge in [0.05, 0.1) is 12.0 Å². The standard InChI is InChI=1S/C14H18N4O5S/c1-14(22)9(21)7(5-19)23-12(14)18-8(20)4-3-6-10(15)16-13(24-2)17-11(6)18/h3-4,7,9,12,19,21-22H,5H2,1-2H3,(H2,15,16,17)/t7?,9-,12?,14?/m1/s1. The lowest BCUT2D eigenvalue weighted by atomic mass is 9.96. The van der Waals surface area contributed by atoms with Crippen LogP contribution in [0.15, 0.2) is 22.1 Å². The molecule has 0 radical (unpaired) electrons. The number of nitrogens with two attached hydrogens (primary N) is 1.